The summed E-state index contributed by atoms with van der Waals surface area (Å²) in [4.78, 5) is 14.3. The molecule has 0 bridgehead atoms. The number of likely N-dealkylation sites (tertiary alicyclic amines) is 1. The molecule has 2 rings (SSSR count). The Hall–Kier alpha value is -1.00. The predicted molar refractivity (Wildman–Crippen MR) is 95.2 cm³/mol. The standard InChI is InChI=1S/C18H28N2OS/c1-15-6-3-7-16(12-15)14-22-11-5-9-19-18(21)17-8-4-10-20(2)13-17/h3,6-7,12,17H,4-5,8-11,13-14H2,1-2H3,(H,19,21)/t17-/m0/s1. The highest BCUT2D eigenvalue weighted by Crippen LogP contribution is 2.16. The van der Waals surface area contributed by atoms with Crippen LogP contribution in [0.15, 0.2) is 24.3 Å². The van der Waals surface area contributed by atoms with Crippen LogP contribution < -0.4 is 5.32 Å². The number of hydrogen-bond donors (Lipinski definition) is 1. The van der Waals surface area contributed by atoms with Gasteiger partial charge >= 0.3 is 0 Å². The van der Waals surface area contributed by atoms with Gasteiger partial charge in [0.2, 0.25) is 5.91 Å². The maximum Gasteiger partial charge on any atom is 0.224 e. The second kappa shape index (κ2) is 9.21. The van der Waals surface area contributed by atoms with Crippen LogP contribution in [0.5, 0.6) is 0 Å². The minimum atomic E-state index is 0.193. The molecular weight excluding hydrogens is 292 g/mol. The molecule has 1 N–H and O–H groups in total. The summed E-state index contributed by atoms with van der Waals surface area (Å²) in [6.45, 7) is 4.97. The molecule has 22 heavy (non-hydrogen) atoms. The lowest BCUT2D eigenvalue weighted by atomic mass is 9.98. The fraction of sp³-hybridized carbons (Fsp3) is 0.611. The van der Waals surface area contributed by atoms with E-state index < -0.39 is 0 Å². The number of nitrogens with zero attached hydrogens (tertiary/aromatic N) is 1. The maximum absolute atomic E-state index is 12.1. The quantitative estimate of drug-likeness (QED) is 0.784. The first-order valence-electron chi connectivity index (χ1n) is 8.24. The lowest BCUT2D eigenvalue weighted by molar-refractivity contribution is -0.126. The summed E-state index contributed by atoms with van der Waals surface area (Å²) in [5.74, 6) is 2.59. The molecule has 0 aliphatic carbocycles. The van der Waals surface area contributed by atoms with Crippen molar-refractivity contribution in [2.75, 3.05) is 32.4 Å². The van der Waals surface area contributed by atoms with Gasteiger partial charge < -0.3 is 10.2 Å². The van der Waals surface area contributed by atoms with Crippen molar-refractivity contribution >= 4 is 17.7 Å². The van der Waals surface area contributed by atoms with Crippen molar-refractivity contribution in [2.45, 2.75) is 31.9 Å². The summed E-state index contributed by atoms with van der Waals surface area (Å²) in [6.07, 6.45) is 3.23. The van der Waals surface area contributed by atoms with Crippen LogP contribution in [0.25, 0.3) is 0 Å². The van der Waals surface area contributed by atoms with Gasteiger partial charge in [-0.1, -0.05) is 29.8 Å². The van der Waals surface area contributed by atoms with Gasteiger partial charge in [-0.15, -0.1) is 0 Å². The molecule has 0 spiro atoms. The molecule has 0 aromatic heterocycles. The minimum absolute atomic E-state index is 0.193. The normalized spacial score (nSPS) is 19.1. The van der Waals surface area contributed by atoms with Gasteiger partial charge in [0.1, 0.15) is 0 Å². The second-order valence-electron chi connectivity index (χ2n) is 6.29. The van der Waals surface area contributed by atoms with Gasteiger partial charge in [-0.25, -0.2) is 0 Å². The Balaban J connectivity index is 1.54. The van der Waals surface area contributed by atoms with Gasteiger partial charge in [0.05, 0.1) is 5.92 Å². The van der Waals surface area contributed by atoms with Crippen molar-refractivity contribution < 1.29 is 4.79 Å². The Kier molecular flexibility index (Phi) is 7.26. The van der Waals surface area contributed by atoms with E-state index in [1.165, 1.54) is 11.1 Å². The SMILES string of the molecule is Cc1cccc(CSCCCNC(=O)[C@H]2CCCN(C)C2)c1. The summed E-state index contributed by atoms with van der Waals surface area (Å²) in [7, 11) is 2.10. The van der Waals surface area contributed by atoms with E-state index in [1.807, 2.05) is 11.8 Å². The summed E-state index contributed by atoms with van der Waals surface area (Å²) < 4.78 is 0. The smallest absolute Gasteiger partial charge is 0.224 e. The molecule has 1 aliphatic rings. The van der Waals surface area contributed by atoms with Gasteiger partial charge in [0, 0.05) is 18.8 Å². The molecule has 1 amide bonds. The third kappa shape index (κ3) is 6.01. The van der Waals surface area contributed by atoms with E-state index in [1.54, 1.807) is 0 Å². The molecule has 1 aromatic carbocycles. The summed E-state index contributed by atoms with van der Waals surface area (Å²) in [5.41, 5.74) is 2.71. The Bertz CT molecular complexity index is 478. The second-order valence-corrected chi connectivity index (χ2v) is 7.39. The van der Waals surface area contributed by atoms with Crippen molar-refractivity contribution in [1.82, 2.24) is 10.2 Å². The molecule has 0 saturated carbocycles. The van der Waals surface area contributed by atoms with Crippen LogP contribution in [0.1, 0.15) is 30.4 Å². The lowest BCUT2D eigenvalue weighted by Gasteiger charge is -2.28. The third-order valence-electron chi connectivity index (χ3n) is 4.11. The van der Waals surface area contributed by atoms with Crippen LogP contribution in [0.3, 0.4) is 0 Å². The van der Waals surface area contributed by atoms with Crippen LogP contribution in [-0.2, 0) is 10.5 Å². The number of aryl methyl sites for hydroxylation is 1. The highest BCUT2D eigenvalue weighted by Gasteiger charge is 2.23. The third-order valence-corrected chi connectivity index (χ3v) is 5.23. The number of carbonyl (C=O) groups is 1. The Morgan fingerprint density at radius 3 is 3.09 bits per heavy atom. The first kappa shape index (κ1) is 17.4. The highest BCUT2D eigenvalue weighted by atomic mass is 32.2. The molecule has 1 fully saturated rings. The van der Waals surface area contributed by atoms with E-state index in [-0.39, 0.29) is 11.8 Å². The molecule has 1 atom stereocenters. The molecule has 122 valence electrons. The van der Waals surface area contributed by atoms with E-state index in [4.69, 9.17) is 0 Å². The zero-order chi connectivity index (χ0) is 15.8. The number of carbonyl (C=O) groups excluding carboxylic acids is 1. The summed E-state index contributed by atoms with van der Waals surface area (Å²) in [5, 5.41) is 3.10. The van der Waals surface area contributed by atoms with E-state index in [0.717, 1.165) is 50.4 Å². The van der Waals surface area contributed by atoms with Gasteiger partial charge in [-0.3, -0.25) is 4.79 Å². The molecule has 0 unspecified atom stereocenters. The molecule has 1 aromatic rings. The van der Waals surface area contributed by atoms with Crippen molar-refractivity contribution in [3.63, 3.8) is 0 Å². The monoisotopic (exact) mass is 320 g/mol. The number of rotatable bonds is 7. The van der Waals surface area contributed by atoms with Gasteiger partial charge in [0.25, 0.3) is 0 Å². The minimum Gasteiger partial charge on any atom is -0.356 e. The fourth-order valence-corrected chi connectivity index (χ4v) is 3.81. The fourth-order valence-electron chi connectivity index (χ4n) is 2.90. The largest absolute Gasteiger partial charge is 0.356 e. The lowest BCUT2D eigenvalue weighted by Crippen LogP contribution is -2.41. The first-order valence-corrected chi connectivity index (χ1v) is 9.40. The Morgan fingerprint density at radius 1 is 1.45 bits per heavy atom. The van der Waals surface area contributed by atoms with Gasteiger partial charge in [0.15, 0.2) is 0 Å². The van der Waals surface area contributed by atoms with Crippen LogP contribution in [-0.4, -0.2) is 43.2 Å². The maximum atomic E-state index is 12.1. The van der Waals surface area contributed by atoms with E-state index >= 15 is 0 Å². The summed E-state index contributed by atoms with van der Waals surface area (Å²) >= 11 is 1.94. The summed E-state index contributed by atoms with van der Waals surface area (Å²) in [6, 6.07) is 8.68. The van der Waals surface area contributed by atoms with E-state index in [2.05, 4.69) is 48.5 Å². The average Bonchev–Trinajstić information content (AvgIpc) is 2.50. The molecule has 3 nitrogen and oxygen atoms in total. The number of benzene rings is 1. The number of thioether (sulfide) groups is 1. The zero-order valence-electron chi connectivity index (χ0n) is 13.8. The molecule has 1 aliphatic heterocycles. The van der Waals surface area contributed by atoms with Crippen LogP contribution in [0.2, 0.25) is 0 Å². The molecule has 4 heteroatoms. The number of piperidine rings is 1. The molecular formula is C18H28N2OS. The van der Waals surface area contributed by atoms with Crippen LogP contribution in [0.4, 0.5) is 0 Å². The average molecular weight is 321 g/mol. The van der Waals surface area contributed by atoms with Gasteiger partial charge in [-0.2, -0.15) is 11.8 Å². The number of nitrogens with one attached hydrogen (secondary N) is 1. The molecule has 1 saturated heterocycles. The predicted octanol–water partition coefficient (Wildman–Crippen LogP) is 3.08. The Labute approximate surface area is 138 Å². The Morgan fingerprint density at radius 2 is 2.32 bits per heavy atom. The van der Waals surface area contributed by atoms with Crippen molar-refractivity contribution in [3.05, 3.63) is 35.4 Å². The van der Waals surface area contributed by atoms with Gasteiger partial charge in [-0.05, 0) is 51.1 Å². The zero-order valence-corrected chi connectivity index (χ0v) is 14.6. The topological polar surface area (TPSA) is 32.3 Å². The van der Waals surface area contributed by atoms with Crippen LogP contribution in [0, 0.1) is 12.8 Å². The van der Waals surface area contributed by atoms with Crippen molar-refractivity contribution in [2.24, 2.45) is 5.92 Å². The van der Waals surface area contributed by atoms with E-state index in [0.29, 0.717) is 0 Å². The number of amides is 1. The number of hydrogen-bond acceptors (Lipinski definition) is 3. The highest BCUT2D eigenvalue weighted by molar-refractivity contribution is 7.98. The first-order chi connectivity index (χ1) is 10.6. The van der Waals surface area contributed by atoms with Crippen molar-refractivity contribution in [1.29, 1.82) is 0 Å². The molecule has 0 radical (unpaired) electrons. The van der Waals surface area contributed by atoms with Crippen molar-refractivity contribution in [3.8, 4) is 0 Å². The van der Waals surface area contributed by atoms with E-state index in [9.17, 15) is 4.79 Å². The molecule has 1 heterocycles. The van der Waals surface area contributed by atoms with Crippen LogP contribution >= 0.6 is 11.8 Å².